The number of phenolic OH excluding ortho intramolecular Hbond substituents is 2. The first-order chi connectivity index (χ1) is 19.0. The zero-order valence-corrected chi connectivity index (χ0v) is 24.8. The third-order valence-electron chi connectivity index (χ3n) is 8.10. The zero-order chi connectivity index (χ0) is 28.2. The second-order valence-electron chi connectivity index (χ2n) is 11.4. The summed E-state index contributed by atoms with van der Waals surface area (Å²) in [5.41, 5.74) is 1.59. The van der Waals surface area contributed by atoms with Gasteiger partial charge in [0.25, 0.3) is 0 Å². The first-order valence-corrected chi connectivity index (χ1v) is 15.7. The molecule has 2 aromatic rings. The molecule has 0 aliphatic rings. The molecule has 4 heteroatoms. The van der Waals surface area contributed by atoms with E-state index >= 15 is 0 Å². The van der Waals surface area contributed by atoms with E-state index in [1.807, 2.05) is 24.3 Å². The molecule has 4 nitrogen and oxygen atoms in total. The molecule has 218 valence electrons. The first-order valence-electron chi connectivity index (χ1n) is 15.7. The molecule has 0 radical (unpaired) electrons. The predicted octanol–water partition coefficient (Wildman–Crippen LogP) is 9.99. The maximum absolute atomic E-state index is 12.5. The molecule has 0 fully saturated rings. The number of hydrogen-bond donors (Lipinski definition) is 2. The summed E-state index contributed by atoms with van der Waals surface area (Å²) in [6.07, 6.45) is 22.1. The smallest absolute Gasteiger partial charge is 0.305 e. The van der Waals surface area contributed by atoms with Crippen molar-refractivity contribution in [1.82, 2.24) is 0 Å². The Morgan fingerprint density at radius 3 is 1.36 bits per heavy atom. The molecular weight excluding hydrogens is 484 g/mol. The molecule has 0 atom stereocenters. The fourth-order valence-corrected chi connectivity index (χ4v) is 5.37. The Labute approximate surface area is 238 Å². The minimum absolute atomic E-state index is 0.167. The second-order valence-corrected chi connectivity index (χ2v) is 11.4. The molecule has 2 N–H and O–H groups in total. The van der Waals surface area contributed by atoms with Gasteiger partial charge in [-0.25, -0.2) is 0 Å². The summed E-state index contributed by atoms with van der Waals surface area (Å²) in [5, 5.41) is 19.4. The van der Waals surface area contributed by atoms with Crippen molar-refractivity contribution in [2.75, 3.05) is 6.61 Å². The van der Waals surface area contributed by atoms with Crippen LogP contribution in [0.5, 0.6) is 11.5 Å². The van der Waals surface area contributed by atoms with Crippen LogP contribution in [0.4, 0.5) is 0 Å². The molecule has 0 amide bonds. The van der Waals surface area contributed by atoms with Crippen LogP contribution in [-0.4, -0.2) is 22.8 Å². The SMILES string of the molecule is CCCCCCCCCCCCCCCCCCOC(=O)CCC(C)(c1ccc(O)cc1)c1ccc(O)cc1. The first kappa shape index (κ1) is 32.7. The van der Waals surface area contributed by atoms with Gasteiger partial charge in [0.15, 0.2) is 0 Å². The van der Waals surface area contributed by atoms with Gasteiger partial charge in [0, 0.05) is 11.8 Å². The summed E-state index contributed by atoms with van der Waals surface area (Å²) in [4.78, 5) is 12.5. The van der Waals surface area contributed by atoms with Crippen LogP contribution in [-0.2, 0) is 14.9 Å². The average molecular weight is 539 g/mol. The number of ether oxygens (including phenoxy) is 1. The standard InChI is InChI=1S/C35H54O4/c1-3-4-5-6-7-8-9-10-11-12-13-14-15-16-17-18-29-39-34(38)27-28-35(2,30-19-23-32(36)24-20-30)31-21-25-33(37)26-22-31/h19-26,36-37H,3-18,27-29H2,1-2H3. The van der Waals surface area contributed by atoms with E-state index in [9.17, 15) is 15.0 Å². The van der Waals surface area contributed by atoms with Crippen LogP contribution in [0.25, 0.3) is 0 Å². The van der Waals surface area contributed by atoms with E-state index in [1.54, 1.807) is 24.3 Å². The van der Waals surface area contributed by atoms with Gasteiger partial charge in [-0.3, -0.25) is 4.79 Å². The lowest BCUT2D eigenvalue weighted by Gasteiger charge is -2.31. The van der Waals surface area contributed by atoms with Gasteiger partial charge in [-0.05, 0) is 48.2 Å². The van der Waals surface area contributed by atoms with Crippen molar-refractivity contribution in [3.8, 4) is 11.5 Å². The summed E-state index contributed by atoms with van der Waals surface area (Å²) in [6, 6.07) is 14.3. The molecule has 0 spiro atoms. The topological polar surface area (TPSA) is 66.8 Å². The summed E-state index contributed by atoms with van der Waals surface area (Å²) in [7, 11) is 0. The molecular formula is C35H54O4. The average Bonchev–Trinajstić information content (AvgIpc) is 2.94. The Balaban J connectivity index is 1.54. The Kier molecular flexibility index (Phi) is 16.4. The maximum atomic E-state index is 12.5. The van der Waals surface area contributed by atoms with Gasteiger partial charge >= 0.3 is 5.97 Å². The monoisotopic (exact) mass is 538 g/mol. The van der Waals surface area contributed by atoms with Crippen LogP contribution in [0.2, 0.25) is 0 Å². The highest BCUT2D eigenvalue weighted by atomic mass is 16.5. The largest absolute Gasteiger partial charge is 0.508 e. The van der Waals surface area contributed by atoms with Gasteiger partial charge in [-0.2, -0.15) is 0 Å². The third kappa shape index (κ3) is 13.4. The minimum atomic E-state index is -0.436. The van der Waals surface area contributed by atoms with E-state index in [2.05, 4.69) is 13.8 Å². The molecule has 0 unspecified atom stereocenters. The highest BCUT2D eigenvalue weighted by Gasteiger charge is 2.30. The quantitative estimate of drug-likeness (QED) is 0.116. The van der Waals surface area contributed by atoms with Crippen molar-refractivity contribution in [2.45, 2.75) is 135 Å². The molecule has 0 bridgehead atoms. The molecule has 2 rings (SSSR count). The third-order valence-corrected chi connectivity index (χ3v) is 8.10. The molecule has 2 aromatic carbocycles. The lowest BCUT2D eigenvalue weighted by molar-refractivity contribution is -0.144. The van der Waals surface area contributed by atoms with Crippen molar-refractivity contribution in [3.05, 3.63) is 59.7 Å². The van der Waals surface area contributed by atoms with Gasteiger partial charge in [0.05, 0.1) is 6.61 Å². The lowest BCUT2D eigenvalue weighted by Crippen LogP contribution is -2.25. The number of hydrogen-bond acceptors (Lipinski definition) is 4. The van der Waals surface area contributed by atoms with Crippen LogP contribution < -0.4 is 0 Å². The Morgan fingerprint density at radius 1 is 0.615 bits per heavy atom. The number of rotatable bonds is 22. The number of phenols is 2. The fraction of sp³-hybridized carbons (Fsp3) is 0.629. The van der Waals surface area contributed by atoms with Crippen LogP contribution in [0, 0.1) is 0 Å². The molecule has 0 saturated carbocycles. The van der Waals surface area contributed by atoms with E-state index in [0.29, 0.717) is 19.4 Å². The Morgan fingerprint density at radius 2 is 0.974 bits per heavy atom. The van der Waals surface area contributed by atoms with E-state index in [0.717, 1.165) is 24.0 Å². The minimum Gasteiger partial charge on any atom is -0.508 e. The highest BCUT2D eigenvalue weighted by Crippen LogP contribution is 2.37. The number of carbonyl (C=O) groups is 1. The van der Waals surface area contributed by atoms with E-state index in [1.165, 1.54) is 89.9 Å². The number of unbranched alkanes of at least 4 members (excludes halogenated alkanes) is 15. The van der Waals surface area contributed by atoms with Crippen molar-refractivity contribution >= 4 is 5.97 Å². The van der Waals surface area contributed by atoms with E-state index < -0.39 is 5.41 Å². The molecule has 0 saturated heterocycles. The van der Waals surface area contributed by atoms with Crippen LogP contribution in [0.3, 0.4) is 0 Å². The normalized spacial score (nSPS) is 11.5. The predicted molar refractivity (Wildman–Crippen MR) is 162 cm³/mol. The van der Waals surface area contributed by atoms with E-state index in [4.69, 9.17) is 4.74 Å². The van der Waals surface area contributed by atoms with Gasteiger partial charge in [-0.1, -0.05) is 134 Å². The Hall–Kier alpha value is -2.49. The van der Waals surface area contributed by atoms with Crippen LogP contribution in [0.1, 0.15) is 141 Å². The molecule has 0 aliphatic carbocycles. The molecule has 39 heavy (non-hydrogen) atoms. The highest BCUT2D eigenvalue weighted by molar-refractivity contribution is 5.69. The van der Waals surface area contributed by atoms with Gasteiger partial charge in [-0.15, -0.1) is 0 Å². The summed E-state index contributed by atoms with van der Waals surface area (Å²) >= 11 is 0. The fourth-order valence-electron chi connectivity index (χ4n) is 5.37. The van der Waals surface area contributed by atoms with E-state index in [-0.39, 0.29) is 17.5 Å². The van der Waals surface area contributed by atoms with Crippen LogP contribution >= 0.6 is 0 Å². The Bertz CT molecular complexity index is 842. The molecule has 0 aromatic heterocycles. The number of aromatic hydroxyl groups is 2. The second kappa shape index (κ2) is 19.6. The van der Waals surface area contributed by atoms with Crippen molar-refractivity contribution < 1.29 is 19.7 Å². The van der Waals surface area contributed by atoms with Crippen LogP contribution in [0.15, 0.2) is 48.5 Å². The maximum Gasteiger partial charge on any atom is 0.305 e. The molecule has 0 heterocycles. The van der Waals surface area contributed by atoms with Crippen molar-refractivity contribution in [2.24, 2.45) is 0 Å². The number of benzene rings is 2. The lowest BCUT2D eigenvalue weighted by atomic mass is 9.73. The summed E-state index contributed by atoms with van der Waals surface area (Å²) in [6.45, 7) is 4.86. The van der Waals surface area contributed by atoms with Crippen molar-refractivity contribution in [3.63, 3.8) is 0 Å². The van der Waals surface area contributed by atoms with Crippen molar-refractivity contribution in [1.29, 1.82) is 0 Å². The number of carbonyl (C=O) groups excluding carboxylic acids is 1. The summed E-state index contributed by atoms with van der Waals surface area (Å²) < 4.78 is 5.55. The summed E-state index contributed by atoms with van der Waals surface area (Å²) in [5.74, 6) is 0.259. The number of esters is 1. The van der Waals surface area contributed by atoms with Gasteiger partial charge in [0.1, 0.15) is 11.5 Å². The molecule has 0 aliphatic heterocycles. The van der Waals surface area contributed by atoms with Gasteiger partial charge in [0.2, 0.25) is 0 Å². The zero-order valence-electron chi connectivity index (χ0n) is 24.8. The van der Waals surface area contributed by atoms with Gasteiger partial charge < -0.3 is 14.9 Å².